The fraction of sp³-hybridized carbons (Fsp3) is 0.600. The molecular formula is C15H27N3O4Si. The van der Waals surface area contributed by atoms with Crippen molar-refractivity contribution in [3.05, 3.63) is 24.4 Å². The molecule has 8 heteroatoms. The van der Waals surface area contributed by atoms with E-state index in [1.54, 1.807) is 18.3 Å². The van der Waals surface area contributed by atoms with Gasteiger partial charge in [0.05, 0.1) is 0 Å². The van der Waals surface area contributed by atoms with E-state index in [-0.39, 0.29) is 6.03 Å². The molecule has 0 bridgehead atoms. The van der Waals surface area contributed by atoms with Crippen LogP contribution in [0.25, 0.3) is 0 Å². The standard InChI is InChI=1S/C15H27N3O4Si/c1-4-20-23(21-5-2,22-6-3)13-9-12-17-15(19)18-14-10-7-8-11-16-14/h7-8,10-11H,4-6,9,12-13H2,1-3H3,(H2,16,17,18,19). The van der Waals surface area contributed by atoms with Gasteiger partial charge in [0.25, 0.3) is 0 Å². The molecule has 0 radical (unpaired) electrons. The molecule has 2 N–H and O–H groups in total. The second-order valence-electron chi connectivity index (χ2n) is 4.68. The zero-order valence-corrected chi connectivity index (χ0v) is 15.1. The Bertz CT molecular complexity index is 431. The average Bonchev–Trinajstić information content (AvgIpc) is 2.53. The molecule has 1 aromatic heterocycles. The number of hydrogen-bond donors (Lipinski definition) is 2. The minimum atomic E-state index is -2.63. The molecule has 0 aromatic carbocycles. The van der Waals surface area contributed by atoms with E-state index in [0.29, 0.717) is 38.2 Å². The highest BCUT2D eigenvalue weighted by molar-refractivity contribution is 6.60. The summed E-state index contributed by atoms with van der Waals surface area (Å²) in [4.78, 5) is 15.8. The lowest BCUT2D eigenvalue weighted by molar-refractivity contribution is 0.0708. The Hall–Kier alpha value is -1.48. The lowest BCUT2D eigenvalue weighted by Crippen LogP contribution is -2.46. The Morgan fingerprint density at radius 1 is 1.13 bits per heavy atom. The molecule has 0 aliphatic rings. The van der Waals surface area contributed by atoms with Gasteiger partial charge < -0.3 is 18.6 Å². The van der Waals surface area contributed by atoms with Crippen LogP contribution in [-0.4, -0.2) is 46.2 Å². The fourth-order valence-corrected chi connectivity index (χ4v) is 4.72. The quantitative estimate of drug-likeness (QED) is 0.478. The van der Waals surface area contributed by atoms with Crippen LogP contribution in [0.15, 0.2) is 24.4 Å². The first-order chi connectivity index (χ1) is 11.2. The number of carbonyl (C=O) groups excluding carboxylic acids is 1. The third-order valence-electron chi connectivity index (χ3n) is 2.94. The molecule has 2 amide bonds. The molecule has 0 aliphatic carbocycles. The van der Waals surface area contributed by atoms with Crippen LogP contribution < -0.4 is 10.6 Å². The maximum Gasteiger partial charge on any atom is 0.500 e. The van der Waals surface area contributed by atoms with Gasteiger partial charge in [-0.1, -0.05) is 6.07 Å². The Kier molecular flexibility index (Phi) is 9.45. The SMILES string of the molecule is CCO[Si](CCCNC(=O)Nc1ccccn1)(OCC)OCC. The van der Waals surface area contributed by atoms with E-state index >= 15 is 0 Å². The molecule has 23 heavy (non-hydrogen) atoms. The van der Waals surface area contributed by atoms with Crippen LogP contribution >= 0.6 is 0 Å². The minimum Gasteiger partial charge on any atom is -0.374 e. The normalized spacial score (nSPS) is 11.3. The summed E-state index contributed by atoms with van der Waals surface area (Å²) < 4.78 is 17.3. The van der Waals surface area contributed by atoms with Crippen LogP contribution in [0.4, 0.5) is 10.6 Å². The van der Waals surface area contributed by atoms with Crippen LogP contribution in [0.1, 0.15) is 27.2 Å². The molecule has 0 saturated carbocycles. The lowest BCUT2D eigenvalue weighted by Gasteiger charge is -2.28. The summed E-state index contributed by atoms with van der Waals surface area (Å²) in [5, 5.41) is 5.47. The maximum atomic E-state index is 11.8. The summed E-state index contributed by atoms with van der Waals surface area (Å²) in [7, 11) is -2.63. The van der Waals surface area contributed by atoms with Crippen LogP contribution in [0.5, 0.6) is 0 Å². The van der Waals surface area contributed by atoms with E-state index in [1.165, 1.54) is 0 Å². The van der Waals surface area contributed by atoms with Gasteiger partial charge in [-0.3, -0.25) is 5.32 Å². The van der Waals surface area contributed by atoms with Gasteiger partial charge in [0, 0.05) is 38.6 Å². The van der Waals surface area contributed by atoms with Crippen molar-refractivity contribution in [2.24, 2.45) is 0 Å². The summed E-state index contributed by atoms with van der Waals surface area (Å²) in [6, 6.07) is 5.74. The van der Waals surface area contributed by atoms with Gasteiger partial charge in [0.2, 0.25) is 0 Å². The summed E-state index contributed by atoms with van der Waals surface area (Å²) in [6.45, 7) is 7.97. The largest absolute Gasteiger partial charge is 0.500 e. The topological polar surface area (TPSA) is 81.7 Å². The van der Waals surface area contributed by atoms with E-state index in [1.807, 2.05) is 26.8 Å². The minimum absolute atomic E-state index is 0.278. The van der Waals surface area contributed by atoms with Crippen molar-refractivity contribution in [2.75, 3.05) is 31.7 Å². The number of nitrogens with zero attached hydrogens (tertiary/aromatic N) is 1. The molecule has 130 valence electrons. The first-order valence-corrected chi connectivity index (χ1v) is 9.96. The van der Waals surface area contributed by atoms with Crippen molar-refractivity contribution < 1.29 is 18.1 Å². The molecule has 1 aromatic rings. The molecule has 0 unspecified atom stereocenters. The highest BCUT2D eigenvalue weighted by Crippen LogP contribution is 2.17. The van der Waals surface area contributed by atoms with E-state index in [0.717, 1.165) is 6.42 Å². The van der Waals surface area contributed by atoms with Crippen molar-refractivity contribution in [1.29, 1.82) is 0 Å². The zero-order chi connectivity index (χ0) is 17.0. The number of carbonyl (C=O) groups is 1. The zero-order valence-electron chi connectivity index (χ0n) is 14.1. The van der Waals surface area contributed by atoms with Crippen molar-refractivity contribution in [3.8, 4) is 0 Å². The van der Waals surface area contributed by atoms with E-state index in [2.05, 4.69) is 15.6 Å². The summed E-state index contributed by atoms with van der Waals surface area (Å²) in [5.41, 5.74) is 0. The number of rotatable bonds is 11. The van der Waals surface area contributed by atoms with Crippen molar-refractivity contribution in [2.45, 2.75) is 33.2 Å². The summed E-state index contributed by atoms with van der Waals surface area (Å²) in [6.07, 6.45) is 2.35. The monoisotopic (exact) mass is 341 g/mol. The van der Waals surface area contributed by atoms with Crippen LogP contribution in [0.3, 0.4) is 0 Å². The van der Waals surface area contributed by atoms with Gasteiger partial charge in [0.1, 0.15) is 5.82 Å². The number of nitrogens with one attached hydrogen (secondary N) is 2. The number of urea groups is 1. The maximum absolute atomic E-state index is 11.8. The van der Waals surface area contributed by atoms with Crippen LogP contribution in [0, 0.1) is 0 Å². The Morgan fingerprint density at radius 3 is 2.30 bits per heavy atom. The highest BCUT2D eigenvalue weighted by Gasteiger charge is 2.39. The molecular weight excluding hydrogens is 314 g/mol. The Labute approximate surface area is 139 Å². The second kappa shape index (κ2) is 11.1. The summed E-state index contributed by atoms with van der Waals surface area (Å²) in [5.74, 6) is 0.520. The van der Waals surface area contributed by atoms with Crippen molar-refractivity contribution >= 4 is 20.7 Å². The fourth-order valence-electron chi connectivity index (χ4n) is 2.11. The molecule has 0 saturated heterocycles. The van der Waals surface area contributed by atoms with Gasteiger partial charge in [-0.2, -0.15) is 0 Å². The number of anilines is 1. The Morgan fingerprint density at radius 2 is 1.78 bits per heavy atom. The molecule has 0 spiro atoms. The van der Waals surface area contributed by atoms with Gasteiger partial charge in [-0.25, -0.2) is 9.78 Å². The van der Waals surface area contributed by atoms with Crippen LogP contribution in [0.2, 0.25) is 6.04 Å². The number of aromatic nitrogens is 1. The molecule has 1 rings (SSSR count). The van der Waals surface area contributed by atoms with Crippen molar-refractivity contribution in [1.82, 2.24) is 10.3 Å². The summed E-state index contributed by atoms with van der Waals surface area (Å²) >= 11 is 0. The smallest absolute Gasteiger partial charge is 0.374 e. The number of hydrogen-bond acceptors (Lipinski definition) is 5. The predicted octanol–water partition coefficient (Wildman–Crippen LogP) is 2.64. The molecule has 0 fully saturated rings. The lowest BCUT2D eigenvalue weighted by atomic mass is 10.4. The van der Waals surface area contributed by atoms with Gasteiger partial charge in [0.15, 0.2) is 0 Å². The first-order valence-electron chi connectivity index (χ1n) is 8.03. The third-order valence-corrected chi connectivity index (χ3v) is 6.10. The van der Waals surface area contributed by atoms with Crippen molar-refractivity contribution in [3.63, 3.8) is 0 Å². The predicted molar refractivity (Wildman–Crippen MR) is 91.3 cm³/mol. The van der Waals surface area contributed by atoms with E-state index in [4.69, 9.17) is 13.3 Å². The first kappa shape index (κ1) is 19.6. The second-order valence-corrected chi connectivity index (χ2v) is 7.41. The Balaban J connectivity index is 2.36. The molecule has 1 heterocycles. The molecule has 7 nitrogen and oxygen atoms in total. The number of amides is 2. The average molecular weight is 341 g/mol. The molecule has 0 aliphatic heterocycles. The molecule has 0 atom stereocenters. The third kappa shape index (κ3) is 7.55. The number of pyridine rings is 1. The highest BCUT2D eigenvalue weighted by atomic mass is 28.4. The van der Waals surface area contributed by atoms with E-state index < -0.39 is 8.80 Å². The van der Waals surface area contributed by atoms with Gasteiger partial charge in [-0.15, -0.1) is 0 Å². The van der Waals surface area contributed by atoms with Gasteiger partial charge >= 0.3 is 14.8 Å². The van der Waals surface area contributed by atoms with E-state index in [9.17, 15) is 4.79 Å². The van der Waals surface area contributed by atoms with Crippen LogP contribution in [-0.2, 0) is 13.3 Å². The van der Waals surface area contributed by atoms with Gasteiger partial charge in [-0.05, 0) is 39.3 Å².